The number of nitrogens with zero attached hydrogens (tertiary/aromatic N) is 2. The lowest BCUT2D eigenvalue weighted by molar-refractivity contribution is 0.415. The van der Waals surface area contributed by atoms with Gasteiger partial charge in [0.15, 0.2) is 0 Å². The maximum Gasteiger partial charge on any atom is 0.240 e. The van der Waals surface area contributed by atoms with Crippen molar-refractivity contribution < 1.29 is 19.1 Å². The van der Waals surface area contributed by atoms with E-state index in [0.717, 1.165) is 0 Å². The highest BCUT2D eigenvalue weighted by molar-refractivity contribution is 6.37. The van der Waals surface area contributed by atoms with Crippen LogP contribution in [0.1, 0.15) is 0 Å². The highest BCUT2D eigenvalue weighted by Crippen LogP contribution is 2.44. The Labute approximate surface area is 147 Å². The topological polar surface area (TPSA) is 77.3 Å². The number of carbonyl (C=O) groups excluding carboxylic acids is 2. The minimum absolute atomic E-state index is 0.242. The molecule has 0 aromatic heterocycles. The quantitative estimate of drug-likeness (QED) is 0.573. The molecule has 0 fully saturated rings. The van der Waals surface area contributed by atoms with E-state index in [4.69, 9.17) is 32.7 Å². The Hall–Kier alpha value is -2.62. The highest BCUT2D eigenvalue weighted by atomic mass is 35.5. The predicted molar refractivity (Wildman–Crippen MR) is 90.6 cm³/mol. The van der Waals surface area contributed by atoms with Crippen molar-refractivity contribution in [3.8, 4) is 22.6 Å². The molecule has 0 N–H and O–H groups in total. The summed E-state index contributed by atoms with van der Waals surface area (Å²) in [5.41, 5.74) is 1.55. The molecule has 0 atom stereocenters. The molecule has 0 bridgehead atoms. The standard InChI is InChI=1S/C16H10Cl2N2O4/c1-23-15-3-9(11(17)5-13(15)19-7-21)10-4-16(24-2)14(20-8-22)6-12(10)18/h3-6H,1-2H3. The summed E-state index contributed by atoms with van der Waals surface area (Å²) in [6.45, 7) is 0. The zero-order valence-electron chi connectivity index (χ0n) is 12.6. The molecule has 0 radical (unpaired) electrons. The van der Waals surface area contributed by atoms with E-state index in [2.05, 4.69) is 9.98 Å². The van der Waals surface area contributed by atoms with Gasteiger partial charge in [-0.15, -0.1) is 0 Å². The molecule has 0 aliphatic heterocycles. The van der Waals surface area contributed by atoms with Crippen LogP contribution >= 0.6 is 23.2 Å². The van der Waals surface area contributed by atoms with E-state index >= 15 is 0 Å². The second-order valence-corrected chi connectivity index (χ2v) is 5.23. The molecule has 0 amide bonds. The largest absolute Gasteiger partial charge is 0.494 e. The average Bonchev–Trinajstić information content (AvgIpc) is 2.56. The number of benzene rings is 2. The SMILES string of the molecule is COc1cc(-c2cc(OC)c(N=C=O)cc2Cl)c(Cl)cc1N=C=O. The Morgan fingerprint density at radius 1 is 0.792 bits per heavy atom. The van der Waals surface area contributed by atoms with Gasteiger partial charge in [0.05, 0.1) is 24.3 Å². The van der Waals surface area contributed by atoms with Gasteiger partial charge in [0.1, 0.15) is 22.9 Å². The van der Waals surface area contributed by atoms with Gasteiger partial charge in [0.25, 0.3) is 0 Å². The number of halogens is 2. The van der Waals surface area contributed by atoms with Crippen LogP contribution in [0.15, 0.2) is 34.3 Å². The Morgan fingerprint density at radius 2 is 1.17 bits per heavy atom. The number of hydrogen-bond donors (Lipinski definition) is 0. The van der Waals surface area contributed by atoms with Gasteiger partial charge in [-0.1, -0.05) is 23.2 Å². The molecular formula is C16H10Cl2N2O4. The average molecular weight is 365 g/mol. The second kappa shape index (κ2) is 7.77. The van der Waals surface area contributed by atoms with Gasteiger partial charge in [-0.3, -0.25) is 0 Å². The summed E-state index contributed by atoms with van der Waals surface area (Å²) in [6.07, 6.45) is 2.88. The zero-order chi connectivity index (χ0) is 17.7. The normalized spacial score (nSPS) is 9.67. The van der Waals surface area contributed by atoms with E-state index in [1.165, 1.54) is 38.5 Å². The summed E-state index contributed by atoms with van der Waals surface area (Å²) >= 11 is 12.5. The molecule has 6 nitrogen and oxygen atoms in total. The maximum atomic E-state index is 10.5. The zero-order valence-corrected chi connectivity index (χ0v) is 14.1. The van der Waals surface area contributed by atoms with E-state index in [1.807, 2.05) is 0 Å². The number of hydrogen-bond acceptors (Lipinski definition) is 6. The number of isocyanates is 2. The first-order valence-electron chi connectivity index (χ1n) is 6.46. The van der Waals surface area contributed by atoms with Crippen LogP contribution in [0.4, 0.5) is 11.4 Å². The van der Waals surface area contributed by atoms with Crippen LogP contribution in [0.3, 0.4) is 0 Å². The Balaban J connectivity index is 2.72. The summed E-state index contributed by atoms with van der Waals surface area (Å²) in [5, 5.41) is 0.584. The summed E-state index contributed by atoms with van der Waals surface area (Å²) < 4.78 is 10.4. The first kappa shape index (κ1) is 17.7. The van der Waals surface area contributed by atoms with Gasteiger partial charge in [-0.2, -0.15) is 9.98 Å². The van der Waals surface area contributed by atoms with Crippen molar-refractivity contribution in [2.75, 3.05) is 14.2 Å². The maximum absolute atomic E-state index is 10.5. The molecule has 0 unspecified atom stereocenters. The first-order valence-corrected chi connectivity index (χ1v) is 7.22. The Bertz CT molecular complexity index is 813. The third-order valence-corrected chi connectivity index (χ3v) is 3.78. The van der Waals surface area contributed by atoms with Crippen molar-refractivity contribution in [3.63, 3.8) is 0 Å². The van der Waals surface area contributed by atoms with Crippen LogP contribution in [0.5, 0.6) is 11.5 Å². The number of aliphatic imine (C=N–C) groups is 2. The van der Waals surface area contributed by atoms with Crippen molar-refractivity contribution >= 4 is 46.7 Å². The molecule has 0 saturated heterocycles. The summed E-state index contributed by atoms with van der Waals surface area (Å²) in [5.74, 6) is 0.644. The van der Waals surface area contributed by atoms with Crippen molar-refractivity contribution in [2.45, 2.75) is 0 Å². The summed E-state index contributed by atoms with van der Waals surface area (Å²) in [4.78, 5) is 28.0. The molecule has 2 rings (SSSR count). The van der Waals surface area contributed by atoms with Gasteiger partial charge in [0.2, 0.25) is 12.2 Å². The smallest absolute Gasteiger partial charge is 0.240 e. The van der Waals surface area contributed by atoms with E-state index in [1.54, 1.807) is 12.1 Å². The lowest BCUT2D eigenvalue weighted by atomic mass is 10.0. The van der Waals surface area contributed by atoms with Crippen LogP contribution in [0, 0.1) is 0 Å². The number of ether oxygens (including phenoxy) is 2. The molecule has 0 spiro atoms. The number of rotatable bonds is 5. The van der Waals surface area contributed by atoms with E-state index < -0.39 is 0 Å². The van der Waals surface area contributed by atoms with Crippen LogP contribution in [0.25, 0.3) is 11.1 Å². The molecule has 0 saturated carbocycles. The highest BCUT2D eigenvalue weighted by Gasteiger charge is 2.16. The molecule has 24 heavy (non-hydrogen) atoms. The van der Waals surface area contributed by atoms with Crippen LogP contribution < -0.4 is 9.47 Å². The van der Waals surface area contributed by atoms with Crippen molar-refractivity contribution in [2.24, 2.45) is 9.98 Å². The third-order valence-electron chi connectivity index (χ3n) is 3.16. The Kier molecular flexibility index (Phi) is 5.74. The van der Waals surface area contributed by atoms with E-state index in [9.17, 15) is 9.59 Å². The minimum atomic E-state index is 0.242. The predicted octanol–water partition coefficient (Wildman–Crippen LogP) is 4.61. The lowest BCUT2D eigenvalue weighted by Crippen LogP contribution is -1.90. The van der Waals surface area contributed by atoms with Crippen molar-refractivity contribution in [3.05, 3.63) is 34.3 Å². The van der Waals surface area contributed by atoms with Crippen molar-refractivity contribution in [1.29, 1.82) is 0 Å². The molecular weight excluding hydrogens is 355 g/mol. The van der Waals surface area contributed by atoms with Crippen LogP contribution in [0.2, 0.25) is 10.0 Å². The molecule has 0 aliphatic rings. The van der Waals surface area contributed by atoms with Gasteiger partial charge in [-0.25, -0.2) is 9.59 Å². The molecule has 0 heterocycles. The van der Waals surface area contributed by atoms with Crippen LogP contribution in [-0.4, -0.2) is 26.4 Å². The van der Waals surface area contributed by atoms with Gasteiger partial charge in [0, 0.05) is 11.1 Å². The third kappa shape index (κ3) is 3.48. The summed E-state index contributed by atoms with van der Waals surface area (Å²) in [7, 11) is 2.86. The lowest BCUT2D eigenvalue weighted by Gasteiger charge is -2.13. The van der Waals surface area contributed by atoms with Gasteiger partial charge < -0.3 is 9.47 Å². The fraction of sp³-hybridized carbons (Fsp3) is 0.125. The minimum Gasteiger partial charge on any atom is -0.494 e. The molecule has 0 aliphatic carbocycles. The summed E-state index contributed by atoms with van der Waals surface area (Å²) in [6, 6.07) is 6.09. The molecule has 8 heteroatoms. The fourth-order valence-corrected chi connectivity index (χ4v) is 2.62. The van der Waals surface area contributed by atoms with E-state index in [-0.39, 0.29) is 11.4 Å². The Morgan fingerprint density at radius 3 is 1.46 bits per heavy atom. The monoisotopic (exact) mass is 364 g/mol. The van der Waals surface area contributed by atoms with Gasteiger partial charge >= 0.3 is 0 Å². The molecule has 122 valence electrons. The second-order valence-electron chi connectivity index (χ2n) is 4.41. The van der Waals surface area contributed by atoms with Crippen molar-refractivity contribution in [1.82, 2.24) is 0 Å². The molecule has 2 aromatic rings. The van der Waals surface area contributed by atoms with Crippen LogP contribution in [-0.2, 0) is 9.59 Å². The molecule has 2 aromatic carbocycles. The first-order chi connectivity index (χ1) is 11.5. The van der Waals surface area contributed by atoms with E-state index in [0.29, 0.717) is 32.7 Å². The van der Waals surface area contributed by atoms with Gasteiger partial charge in [-0.05, 0) is 24.3 Å². The number of methoxy groups -OCH3 is 2. The fourth-order valence-electron chi connectivity index (χ4n) is 2.10.